The van der Waals surface area contributed by atoms with E-state index in [-0.39, 0.29) is 11.9 Å². The Morgan fingerprint density at radius 1 is 1.26 bits per heavy atom. The standard InChI is InChI=1S/C17H20BrNO4/c1-11-13-10-12(18)7-8-14(13)23-16(11)17(21)19-9-5-3-4-6-15(20)22-2/h7-8,10H,3-6,9H2,1-2H3,(H,19,21). The van der Waals surface area contributed by atoms with Crippen LogP contribution < -0.4 is 5.32 Å². The first-order chi connectivity index (χ1) is 11.0. The van der Waals surface area contributed by atoms with Crippen molar-refractivity contribution in [3.05, 3.63) is 34.0 Å². The summed E-state index contributed by atoms with van der Waals surface area (Å²) < 4.78 is 11.2. The van der Waals surface area contributed by atoms with Crippen molar-refractivity contribution in [2.75, 3.05) is 13.7 Å². The number of amides is 1. The lowest BCUT2D eigenvalue weighted by Crippen LogP contribution is -2.24. The zero-order valence-corrected chi connectivity index (χ0v) is 14.9. The van der Waals surface area contributed by atoms with E-state index >= 15 is 0 Å². The molecule has 0 aliphatic carbocycles. The number of ether oxygens (including phenoxy) is 1. The van der Waals surface area contributed by atoms with Crippen molar-refractivity contribution >= 4 is 38.8 Å². The highest BCUT2D eigenvalue weighted by Crippen LogP contribution is 2.27. The fraction of sp³-hybridized carbons (Fsp3) is 0.412. The SMILES string of the molecule is COC(=O)CCCCCNC(=O)c1oc2ccc(Br)cc2c1C. The number of benzene rings is 1. The topological polar surface area (TPSA) is 68.5 Å². The van der Waals surface area contributed by atoms with Crippen LogP contribution in [0.4, 0.5) is 0 Å². The van der Waals surface area contributed by atoms with Crippen molar-refractivity contribution in [2.45, 2.75) is 32.6 Å². The number of methoxy groups -OCH3 is 1. The largest absolute Gasteiger partial charge is 0.469 e. The Hall–Kier alpha value is -1.82. The molecule has 0 atom stereocenters. The summed E-state index contributed by atoms with van der Waals surface area (Å²) in [5, 5.41) is 3.79. The van der Waals surface area contributed by atoms with Crippen molar-refractivity contribution in [3.63, 3.8) is 0 Å². The molecule has 1 N–H and O–H groups in total. The number of unbranched alkanes of at least 4 members (excludes halogenated alkanes) is 2. The summed E-state index contributed by atoms with van der Waals surface area (Å²) in [5.41, 5.74) is 1.54. The van der Waals surface area contributed by atoms with Crippen LogP contribution >= 0.6 is 15.9 Å². The zero-order chi connectivity index (χ0) is 16.8. The number of hydrogen-bond donors (Lipinski definition) is 1. The number of esters is 1. The van der Waals surface area contributed by atoms with Gasteiger partial charge in [0, 0.05) is 28.4 Å². The minimum atomic E-state index is -0.206. The zero-order valence-electron chi connectivity index (χ0n) is 13.3. The molecule has 0 aliphatic rings. The van der Waals surface area contributed by atoms with Crippen molar-refractivity contribution in [1.29, 1.82) is 0 Å². The minimum absolute atomic E-state index is 0.196. The van der Waals surface area contributed by atoms with Crippen LogP contribution in [0, 0.1) is 6.92 Å². The lowest BCUT2D eigenvalue weighted by atomic mass is 10.1. The van der Waals surface area contributed by atoms with Crippen LogP contribution in [0.5, 0.6) is 0 Å². The second-order valence-corrected chi connectivity index (χ2v) is 6.26. The van der Waals surface area contributed by atoms with E-state index in [2.05, 4.69) is 26.0 Å². The highest BCUT2D eigenvalue weighted by Gasteiger charge is 2.17. The molecule has 1 amide bonds. The molecule has 0 aliphatic heterocycles. The second kappa shape index (κ2) is 8.15. The molecule has 5 nitrogen and oxygen atoms in total. The molecule has 1 heterocycles. The molecule has 1 aromatic carbocycles. The van der Waals surface area contributed by atoms with E-state index < -0.39 is 0 Å². The molecule has 0 bridgehead atoms. The van der Waals surface area contributed by atoms with Gasteiger partial charge in [0.25, 0.3) is 5.91 Å². The van der Waals surface area contributed by atoms with E-state index in [1.165, 1.54) is 7.11 Å². The molecule has 2 rings (SSSR count). The smallest absolute Gasteiger partial charge is 0.305 e. The summed E-state index contributed by atoms with van der Waals surface area (Å²) in [6.45, 7) is 2.43. The number of rotatable bonds is 7. The van der Waals surface area contributed by atoms with Crippen LogP contribution in [-0.2, 0) is 9.53 Å². The van der Waals surface area contributed by atoms with Crippen molar-refractivity contribution in [3.8, 4) is 0 Å². The number of nitrogens with one attached hydrogen (secondary N) is 1. The van der Waals surface area contributed by atoms with Gasteiger partial charge >= 0.3 is 5.97 Å². The molecule has 0 fully saturated rings. The van der Waals surface area contributed by atoms with E-state index in [4.69, 9.17) is 4.42 Å². The maximum atomic E-state index is 12.2. The lowest BCUT2D eigenvalue weighted by molar-refractivity contribution is -0.140. The fourth-order valence-corrected chi connectivity index (χ4v) is 2.73. The molecule has 1 aromatic heterocycles. The van der Waals surface area contributed by atoms with Gasteiger partial charge in [-0.05, 0) is 38.0 Å². The van der Waals surface area contributed by atoms with Gasteiger partial charge in [0.2, 0.25) is 0 Å². The molecule has 2 aromatic rings. The average Bonchev–Trinajstić information content (AvgIpc) is 2.87. The summed E-state index contributed by atoms with van der Waals surface area (Å²) in [4.78, 5) is 23.2. The number of fused-ring (bicyclic) bond motifs is 1. The first-order valence-corrected chi connectivity index (χ1v) is 8.36. The normalized spacial score (nSPS) is 10.7. The molecule has 0 saturated carbocycles. The number of halogens is 1. The highest BCUT2D eigenvalue weighted by atomic mass is 79.9. The van der Waals surface area contributed by atoms with E-state index in [0.29, 0.717) is 24.3 Å². The first kappa shape index (κ1) is 17.5. The van der Waals surface area contributed by atoms with Crippen LogP contribution in [-0.4, -0.2) is 25.5 Å². The molecule has 124 valence electrons. The van der Waals surface area contributed by atoms with Gasteiger partial charge in [-0.2, -0.15) is 0 Å². The molecular weight excluding hydrogens is 362 g/mol. The Morgan fingerprint density at radius 2 is 2.04 bits per heavy atom. The lowest BCUT2D eigenvalue weighted by Gasteiger charge is -2.04. The highest BCUT2D eigenvalue weighted by molar-refractivity contribution is 9.10. The molecule has 0 saturated heterocycles. The Bertz CT molecular complexity index is 708. The number of aryl methyl sites for hydroxylation is 1. The van der Waals surface area contributed by atoms with Gasteiger partial charge in [0.15, 0.2) is 5.76 Å². The molecule has 0 spiro atoms. The average molecular weight is 382 g/mol. The number of furan rings is 1. The monoisotopic (exact) mass is 381 g/mol. The fourth-order valence-electron chi connectivity index (χ4n) is 2.37. The third kappa shape index (κ3) is 4.58. The summed E-state index contributed by atoms with van der Waals surface area (Å²) in [7, 11) is 1.39. The van der Waals surface area contributed by atoms with Crippen molar-refractivity contribution in [1.82, 2.24) is 5.32 Å². The summed E-state index contributed by atoms with van der Waals surface area (Å²) in [6.07, 6.45) is 2.86. The van der Waals surface area contributed by atoms with Crippen LogP contribution in [0.3, 0.4) is 0 Å². The summed E-state index contributed by atoms with van der Waals surface area (Å²) in [5.74, 6) is -0.0476. The predicted octanol–water partition coefficient (Wildman–Crippen LogP) is 3.97. The predicted molar refractivity (Wildman–Crippen MR) is 91.5 cm³/mol. The van der Waals surface area contributed by atoms with Gasteiger partial charge in [0.1, 0.15) is 5.58 Å². The summed E-state index contributed by atoms with van der Waals surface area (Å²) >= 11 is 3.42. The van der Waals surface area contributed by atoms with Gasteiger partial charge in [-0.1, -0.05) is 22.4 Å². The summed E-state index contributed by atoms with van der Waals surface area (Å²) in [6, 6.07) is 5.67. The Kier molecular flexibility index (Phi) is 6.21. The van der Waals surface area contributed by atoms with Crippen LogP contribution in [0.2, 0.25) is 0 Å². The van der Waals surface area contributed by atoms with Crippen LogP contribution in [0.25, 0.3) is 11.0 Å². The second-order valence-electron chi connectivity index (χ2n) is 5.34. The molecular formula is C17H20BrNO4. The van der Waals surface area contributed by atoms with Crippen LogP contribution in [0.1, 0.15) is 41.8 Å². The number of carbonyl (C=O) groups is 2. The number of hydrogen-bond acceptors (Lipinski definition) is 4. The van der Waals surface area contributed by atoms with E-state index in [0.717, 1.165) is 34.7 Å². The maximum Gasteiger partial charge on any atom is 0.305 e. The molecule has 0 radical (unpaired) electrons. The Morgan fingerprint density at radius 3 is 2.78 bits per heavy atom. The van der Waals surface area contributed by atoms with Crippen LogP contribution in [0.15, 0.2) is 27.1 Å². The quantitative estimate of drug-likeness (QED) is 0.581. The first-order valence-electron chi connectivity index (χ1n) is 7.56. The molecule has 23 heavy (non-hydrogen) atoms. The van der Waals surface area contributed by atoms with Gasteiger partial charge in [0.05, 0.1) is 7.11 Å². The third-order valence-electron chi connectivity index (χ3n) is 3.68. The Labute approximate surface area is 143 Å². The van der Waals surface area contributed by atoms with Gasteiger partial charge in [-0.3, -0.25) is 9.59 Å². The van der Waals surface area contributed by atoms with Crippen molar-refractivity contribution < 1.29 is 18.7 Å². The van der Waals surface area contributed by atoms with E-state index in [9.17, 15) is 9.59 Å². The van der Waals surface area contributed by atoms with E-state index in [1.54, 1.807) is 0 Å². The van der Waals surface area contributed by atoms with Crippen molar-refractivity contribution in [2.24, 2.45) is 0 Å². The molecule has 6 heteroatoms. The third-order valence-corrected chi connectivity index (χ3v) is 4.17. The maximum absolute atomic E-state index is 12.2. The number of carbonyl (C=O) groups excluding carboxylic acids is 2. The van der Waals surface area contributed by atoms with Gasteiger partial charge < -0.3 is 14.5 Å². The Balaban J connectivity index is 1.84. The van der Waals surface area contributed by atoms with E-state index in [1.807, 2.05) is 25.1 Å². The van der Waals surface area contributed by atoms with Gasteiger partial charge in [-0.25, -0.2) is 0 Å². The molecule has 0 unspecified atom stereocenters. The van der Waals surface area contributed by atoms with Gasteiger partial charge in [-0.15, -0.1) is 0 Å². The minimum Gasteiger partial charge on any atom is -0.469 e.